The van der Waals surface area contributed by atoms with Crippen molar-refractivity contribution in [1.29, 1.82) is 0 Å². The van der Waals surface area contributed by atoms with Crippen molar-refractivity contribution in [3.8, 4) is 67.1 Å². The Bertz CT molecular complexity index is 2430. The maximum Gasteiger partial charge on any atom is 0.135 e. The molecule has 0 amide bonds. The van der Waals surface area contributed by atoms with E-state index in [9.17, 15) is 0 Å². The molecule has 0 aliphatic carbocycles. The third kappa shape index (κ3) is 5.53. The Balaban J connectivity index is 1.21. The predicted octanol–water partition coefficient (Wildman–Crippen LogP) is 13.6. The van der Waals surface area contributed by atoms with Crippen LogP contribution in [0.3, 0.4) is 0 Å². The van der Waals surface area contributed by atoms with Crippen LogP contribution >= 0.6 is 0 Å². The van der Waals surface area contributed by atoms with Crippen LogP contribution in [0.4, 0.5) is 17.1 Å². The zero-order valence-electron chi connectivity index (χ0n) is 27.4. The Morgan fingerprint density at radius 2 is 0.760 bits per heavy atom. The van der Waals surface area contributed by atoms with Gasteiger partial charge in [-0.15, -0.1) is 0 Å². The van der Waals surface area contributed by atoms with Gasteiger partial charge < -0.3 is 9.64 Å². The summed E-state index contributed by atoms with van der Waals surface area (Å²) in [7, 11) is 0. The lowest BCUT2D eigenvalue weighted by molar-refractivity contribution is 0.488. The van der Waals surface area contributed by atoms with Gasteiger partial charge in [0.2, 0.25) is 0 Å². The van der Waals surface area contributed by atoms with Gasteiger partial charge in [-0.1, -0.05) is 146 Å². The van der Waals surface area contributed by atoms with Gasteiger partial charge >= 0.3 is 0 Å². The predicted molar refractivity (Wildman–Crippen MR) is 208 cm³/mol. The van der Waals surface area contributed by atoms with Crippen LogP contribution in [0.15, 0.2) is 200 Å². The summed E-state index contributed by atoms with van der Waals surface area (Å²) in [6.07, 6.45) is 0. The first kappa shape index (κ1) is 29.5. The van der Waals surface area contributed by atoms with Crippen molar-refractivity contribution in [2.24, 2.45) is 0 Å². The molecule has 0 spiro atoms. The van der Waals surface area contributed by atoms with Gasteiger partial charge in [-0.05, 0) is 99.1 Å². The summed E-state index contributed by atoms with van der Waals surface area (Å²) in [4.78, 5) is 2.34. The van der Waals surface area contributed by atoms with Crippen molar-refractivity contribution < 1.29 is 4.74 Å². The van der Waals surface area contributed by atoms with E-state index in [2.05, 4.69) is 199 Å². The summed E-state index contributed by atoms with van der Waals surface area (Å²) in [5, 5.41) is 0. The number of ether oxygens (including phenoxy) is 1. The Kier molecular flexibility index (Phi) is 7.53. The molecule has 0 saturated heterocycles. The molecule has 2 nitrogen and oxygen atoms in total. The zero-order chi connectivity index (χ0) is 33.3. The van der Waals surface area contributed by atoms with Crippen LogP contribution in [-0.2, 0) is 0 Å². The van der Waals surface area contributed by atoms with Crippen molar-refractivity contribution in [3.05, 3.63) is 200 Å². The Hall–Kier alpha value is -6.64. The summed E-state index contributed by atoms with van der Waals surface area (Å²) in [5.41, 5.74) is 14.7. The number of rotatable bonds is 6. The van der Waals surface area contributed by atoms with E-state index in [0.717, 1.165) is 50.8 Å². The van der Waals surface area contributed by atoms with Gasteiger partial charge in [-0.25, -0.2) is 0 Å². The molecule has 8 aromatic carbocycles. The van der Waals surface area contributed by atoms with Gasteiger partial charge in [0.15, 0.2) is 0 Å². The van der Waals surface area contributed by atoms with Gasteiger partial charge in [0.05, 0.1) is 0 Å². The van der Waals surface area contributed by atoms with Gasteiger partial charge in [-0.3, -0.25) is 0 Å². The fourth-order valence-corrected chi connectivity index (χ4v) is 7.00. The highest BCUT2D eigenvalue weighted by molar-refractivity contribution is 5.95. The fourth-order valence-electron chi connectivity index (χ4n) is 7.00. The molecule has 0 radical (unpaired) electrons. The maximum atomic E-state index is 6.70. The van der Waals surface area contributed by atoms with Crippen molar-refractivity contribution >= 4 is 17.1 Å². The maximum absolute atomic E-state index is 6.70. The Morgan fingerprint density at radius 1 is 0.260 bits per heavy atom. The average molecular weight is 640 g/mol. The van der Waals surface area contributed by atoms with E-state index in [1.54, 1.807) is 0 Å². The van der Waals surface area contributed by atoms with E-state index < -0.39 is 0 Å². The summed E-state index contributed by atoms with van der Waals surface area (Å²) >= 11 is 0. The molecule has 0 bridgehead atoms. The summed E-state index contributed by atoms with van der Waals surface area (Å²) in [6.45, 7) is 0. The molecule has 0 aromatic heterocycles. The lowest BCUT2D eigenvalue weighted by Gasteiger charge is -2.27. The van der Waals surface area contributed by atoms with Crippen LogP contribution in [0.25, 0.3) is 55.6 Å². The molecule has 0 fully saturated rings. The number of fused-ring (bicyclic) bond motifs is 5. The molecule has 0 N–H and O–H groups in total. The van der Waals surface area contributed by atoms with E-state index >= 15 is 0 Å². The molecular weight excluding hydrogens is 607 g/mol. The third-order valence-electron chi connectivity index (χ3n) is 9.48. The number of hydrogen-bond acceptors (Lipinski definition) is 2. The van der Waals surface area contributed by atoms with E-state index in [1.165, 1.54) is 33.4 Å². The van der Waals surface area contributed by atoms with Gasteiger partial charge in [0.1, 0.15) is 11.5 Å². The summed E-state index contributed by atoms with van der Waals surface area (Å²) in [6, 6.07) is 71.0. The van der Waals surface area contributed by atoms with Crippen molar-refractivity contribution in [2.45, 2.75) is 0 Å². The highest BCUT2D eigenvalue weighted by Gasteiger charge is 2.23. The molecule has 50 heavy (non-hydrogen) atoms. The number of benzene rings is 8. The second-order valence-electron chi connectivity index (χ2n) is 12.6. The third-order valence-corrected chi connectivity index (χ3v) is 9.48. The molecule has 9 rings (SSSR count). The molecular formula is C48H33NO. The number of hydrogen-bond donors (Lipinski definition) is 0. The molecule has 236 valence electrons. The lowest BCUT2D eigenvalue weighted by Crippen LogP contribution is -2.10. The van der Waals surface area contributed by atoms with Crippen LogP contribution in [0.1, 0.15) is 0 Å². The standard InChI is InChI=1S/C48H33NO/c1-4-13-34(14-5-1)37-23-26-40(27-24-37)49(41-20-12-19-38(31-41)35-15-6-2-7-16-35)42-28-30-48-46(33-42)43-29-25-39(36-17-8-3-9-18-36)32-45(43)44-21-10-11-22-47(44)50-48/h1-33H. The SMILES string of the molecule is c1ccc(-c2ccc(N(c3cccc(-c4ccccc4)c3)c3ccc4c(c3)-c3ccc(-c5ccccc5)cc3-c3ccccc3O4)cc2)cc1. The average Bonchev–Trinajstić information content (AvgIpc) is 3.33. The first-order valence-corrected chi connectivity index (χ1v) is 17.0. The first-order valence-electron chi connectivity index (χ1n) is 17.0. The largest absolute Gasteiger partial charge is 0.456 e. The number of nitrogens with zero attached hydrogens (tertiary/aromatic N) is 1. The topological polar surface area (TPSA) is 12.5 Å². The first-order chi connectivity index (χ1) is 24.8. The smallest absolute Gasteiger partial charge is 0.135 e. The second kappa shape index (κ2) is 12.8. The van der Waals surface area contributed by atoms with Crippen LogP contribution < -0.4 is 9.64 Å². The van der Waals surface area contributed by atoms with Crippen molar-refractivity contribution in [3.63, 3.8) is 0 Å². The fraction of sp³-hybridized carbons (Fsp3) is 0. The van der Waals surface area contributed by atoms with Crippen molar-refractivity contribution in [2.75, 3.05) is 4.90 Å². The monoisotopic (exact) mass is 639 g/mol. The Morgan fingerprint density at radius 3 is 1.46 bits per heavy atom. The quantitative estimate of drug-likeness (QED) is 0.179. The van der Waals surface area contributed by atoms with Gasteiger partial charge in [0, 0.05) is 28.2 Å². The van der Waals surface area contributed by atoms with E-state index in [-0.39, 0.29) is 0 Å². The normalized spacial score (nSPS) is 11.4. The van der Waals surface area contributed by atoms with Gasteiger partial charge in [-0.2, -0.15) is 0 Å². The summed E-state index contributed by atoms with van der Waals surface area (Å²) in [5.74, 6) is 1.69. The molecule has 1 aliphatic rings. The minimum Gasteiger partial charge on any atom is -0.456 e. The zero-order valence-corrected chi connectivity index (χ0v) is 27.4. The minimum atomic E-state index is 0.838. The van der Waals surface area contributed by atoms with Crippen LogP contribution in [0.2, 0.25) is 0 Å². The molecule has 2 heteroatoms. The molecule has 8 aromatic rings. The summed E-state index contributed by atoms with van der Waals surface area (Å²) < 4.78 is 6.70. The van der Waals surface area contributed by atoms with E-state index in [1.807, 2.05) is 6.07 Å². The molecule has 0 saturated carbocycles. The molecule has 1 aliphatic heterocycles. The number of para-hydroxylation sites is 1. The minimum absolute atomic E-state index is 0.838. The molecule has 0 unspecified atom stereocenters. The van der Waals surface area contributed by atoms with Crippen LogP contribution in [0, 0.1) is 0 Å². The lowest BCUT2D eigenvalue weighted by atomic mass is 9.91. The van der Waals surface area contributed by atoms with E-state index in [4.69, 9.17) is 4.74 Å². The molecule has 1 heterocycles. The van der Waals surface area contributed by atoms with Crippen molar-refractivity contribution in [1.82, 2.24) is 0 Å². The van der Waals surface area contributed by atoms with Crippen LogP contribution in [-0.4, -0.2) is 0 Å². The Labute approximate surface area is 293 Å². The second-order valence-corrected chi connectivity index (χ2v) is 12.6. The van der Waals surface area contributed by atoms with E-state index in [0.29, 0.717) is 0 Å². The van der Waals surface area contributed by atoms with Crippen LogP contribution in [0.5, 0.6) is 11.5 Å². The molecule has 0 atom stereocenters. The van der Waals surface area contributed by atoms with Gasteiger partial charge in [0.25, 0.3) is 0 Å². The number of anilines is 3. The highest BCUT2D eigenvalue weighted by atomic mass is 16.5. The highest BCUT2D eigenvalue weighted by Crippen LogP contribution is 2.50.